The lowest BCUT2D eigenvalue weighted by Crippen LogP contribution is -2.52. The predicted molar refractivity (Wildman–Crippen MR) is 96.4 cm³/mol. The molecule has 0 radical (unpaired) electrons. The molecule has 2 aliphatic rings. The Balaban J connectivity index is 1.69. The second kappa shape index (κ2) is 7.64. The minimum atomic E-state index is -3.70. The normalized spacial score (nSPS) is 21.1. The fraction of sp³-hybridized carbons (Fsp3) is 0.611. The molecular weight excluding hydrogens is 356 g/mol. The summed E-state index contributed by atoms with van der Waals surface area (Å²) in [5, 5.41) is 9.22. The van der Waals surface area contributed by atoms with E-state index in [9.17, 15) is 18.3 Å². The largest absolute Gasteiger partial charge is 0.392 e. The lowest BCUT2D eigenvalue weighted by molar-refractivity contribution is -0.0948. The first-order valence-corrected chi connectivity index (χ1v) is 10.5. The van der Waals surface area contributed by atoms with Crippen LogP contribution in [-0.4, -0.2) is 62.3 Å². The fourth-order valence-corrected chi connectivity index (χ4v) is 4.73. The van der Waals surface area contributed by atoms with Crippen LogP contribution in [0.15, 0.2) is 29.2 Å². The molecule has 1 aliphatic carbocycles. The quantitative estimate of drug-likeness (QED) is 0.796. The van der Waals surface area contributed by atoms with Gasteiger partial charge in [-0.05, 0) is 44.0 Å². The van der Waals surface area contributed by atoms with Gasteiger partial charge < -0.3 is 14.7 Å². The summed E-state index contributed by atoms with van der Waals surface area (Å²) in [6, 6.07) is 5.92. The predicted octanol–water partition coefficient (Wildman–Crippen LogP) is 1.13. The topological polar surface area (TPSA) is 95.9 Å². The molecule has 1 aromatic rings. The average Bonchev–Trinajstić information content (AvgIpc) is 3.07. The van der Waals surface area contributed by atoms with E-state index in [2.05, 4.69) is 4.72 Å². The van der Waals surface area contributed by atoms with Crippen molar-refractivity contribution in [1.82, 2.24) is 9.62 Å². The molecule has 8 heteroatoms. The molecule has 1 amide bonds. The molecule has 144 valence electrons. The number of morpholine rings is 1. The highest BCUT2D eigenvalue weighted by Gasteiger charge is 2.40. The summed E-state index contributed by atoms with van der Waals surface area (Å²) in [6.07, 6.45) is 3.48. The molecule has 1 aliphatic heterocycles. The molecule has 2 fully saturated rings. The van der Waals surface area contributed by atoms with Gasteiger partial charge in [-0.1, -0.05) is 12.8 Å². The van der Waals surface area contributed by atoms with Crippen LogP contribution in [0.3, 0.4) is 0 Å². The maximum atomic E-state index is 12.8. The zero-order chi connectivity index (χ0) is 18.8. The number of aliphatic hydroxyl groups is 1. The highest BCUT2D eigenvalue weighted by atomic mass is 32.2. The molecule has 1 aromatic carbocycles. The number of carbonyl (C=O) groups is 1. The Bertz CT molecular complexity index is 739. The minimum absolute atomic E-state index is 0.0567. The van der Waals surface area contributed by atoms with Crippen LogP contribution >= 0.6 is 0 Å². The zero-order valence-electron chi connectivity index (χ0n) is 15.0. The molecule has 26 heavy (non-hydrogen) atoms. The number of hydrogen-bond donors (Lipinski definition) is 2. The van der Waals surface area contributed by atoms with E-state index in [0.717, 1.165) is 25.7 Å². The van der Waals surface area contributed by atoms with Crippen LogP contribution < -0.4 is 4.72 Å². The van der Waals surface area contributed by atoms with Crippen molar-refractivity contribution in [1.29, 1.82) is 0 Å². The number of rotatable bonds is 5. The van der Waals surface area contributed by atoms with E-state index >= 15 is 0 Å². The van der Waals surface area contributed by atoms with E-state index in [1.165, 1.54) is 31.2 Å². The van der Waals surface area contributed by atoms with Crippen molar-refractivity contribution in [3.05, 3.63) is 29.8 Å². The lowest BCUT2D eigenvalue weighted by Gasteiger charge is -2.40. The molecule has 0 bridgehead atoms. The Labute approximate surface area is 154 Å². The lowest BCUT2D eigenvalue weighted by atomic mass is 9.99. The monoisotopic (exact) mass is 382 g/mol. The van der Waals surface area contributed by atoms with Gasteiger partial charge >= 0.3 is 0 Å². The smallest absolute Gasteiger partial charge is 0.254 e. The van der Waals surface area contributed by atoms with E-state index in [1.807, 2.05) is 4.90 Å². The van der Waals surface area contributed by atoms with Gasteiger partial charge in [-0.3, -0.25) is 4.79 Å². The standard InChI is InChI=1S/C18H26N2O5S/c1-14(21)12-19-26(23,24)16-6-4-15(5-7-16)17(22)20-10-11-25-18(13-20)8-2-3-9-18/h4-7,14,19,21H,2-3,8-13H2,1H3. The van der Waals surface area contributed by atoms with Crippen molar-refractivity contribution < 1.29 is 23.1 Å². The summed E-state index contributed by atoms with van der Waals surface area (Å²) in [7, 11) is -3.70. The highest BCUT2D eigenvalue weighted by molar-refractivity contribution is 7.89. The van der Waals surface area contributed by atoms with Crippen molar-refractivity contribution in [2.45, 2.75) is 49.2 Å². The van der Waals surface area contributed by atoms with Crippen LogP contribution in [0.5, 0.6) is 0 Å². The Hall–Kier alpha value is -1.48. The molecule has 1 atom stereocenters. The minimum Gasteiger partial charge on any atom is -0.392 e. The SMILES string of the molecule is CC(O)CNS(=O)(=O)c1ccc(C(=O)N2CCOC3(CCCC3)C2)cc1. The van der Waals surface area contributed by atoms with Gasteiger partial charge in [0, 0.05) is 18.7 Å². The number of hydrogen-bond acceptors (Lipinski definition) is 5. The summed E-state index contributed by atoms with van der Waals surface area (Å²) in [5.74, 6) is -0.0968. The molecular formula is C18H26N2O5S. The second-order valence-electron chi connectivity index (χ2n) is 7.19. The van der Waals surface area contributed by atoms with Crippen LogP contribution in [0.4, 0.5) is 0 Å². The van der Waals surface area contributed by atoms with E-state index in [4.69, 9.17) is 4.74 Å². The van der Waals surface area contributed by atoms with Crippen molar-refractivity contribution in [3.8, 4) is 0 Å². The second-order valence-corrected chi connectivity index (χ2v) is 8.96. The molecule has 1 heterocycles. The molecule has 3 rings (SSSR count). The van der Waals surface area contributed by atoms with Gasteiger partial charge in [-0.2, -0.15) is 0 Å². The number of sulfonamides is 1. The zero-order valence-corrected chi connectivity index (χ0v) is 15.8. The van der Waals surface area contributed by atoms with Crippen LogP contribution in [-0.2, 0) is 14.8 Å². The maximum absolute atomic E-state index is 12.8. The highest BCUT2D eigenvalue weighted by Crippen LogP contribution is 2.36. The number of benzene rings is 1. The molecule has 0 aromatic heterocycles. The average molecular weight is 382 g/mol. The summed E-state index contributed by atoms with van der Waals surface area (Å²) >= 11 is 0. The number of amides is 1. The van der Waals surface area contributed by atoms with E-state index in [-0.39, 0.29) is 22.9 Å². The number of nitrogens with one attached hydrogen (secondary N) is 1. The third kappa shape index (κ3) is 4.25. The number of carbonyl (C=O) groups excluding carboxylic acids is 1. The van der Waals surface area contributed by atoms with Crippen LogP contribution in [0.2, 0.25) is 0 Å². The van der Waals surface area contributed by atoms with Gasteiger partial charge in [0.2, 0.25) is 10.0 Å². The molecule has 2 N–H and O–H groups in total. The van der Waals surface area contributed by atoms with E-state index in [1.54, 1.807) is 0 Å². The van der Waals surface area contributed by atoms with Gasteiger partial charge in [0.15, 0.2) is 0 Å². The van der Waals surface area contributed by atoms with Crippen molar-refractivity contribution in [3.63, 3.8) is 0 Å². The third-order valence-corrected chi connectivity index (χ3v) is 6.47. The van der Waals surface area contributed by atoms with Crippen LogP contribution in [0, 0.1) is 0 Å². The van der Waals surface area contributed by atoms with E-state index < -0.39 is 16.1 Å². The molecule has 1 spiro atoms. The molecule has 1 saturated carbocycles. The van der Waals surface area contributed by atoms with Crippen LogP contribution in [0.1, 0.15) is 43.0 Å². The van der Waals surface area contributed by atoms with Crippen LogP contribution in [0.25, 0.3) is 0 Å². The van der Waals surface area contributed by atoms with Gasteiger partial charge in [-0.15, -0.1) is 0 Å². The van der Waals surface area contributed by atoms with Gasteiger partial charge in [0.25, 0.3) is 5.91 Å². The maximum Gasteiger partial charge on any atom is 0.254 e. The molecule has 1 saturated heterocycles. The third-order valence-electron chi connectivity index (χ3n) is 5.03. The Morgan fingerprint density at radius 1 is 1.31 bits per heavy atom. The first-order chi connectivity index (χ1) is 12.3. The summed E-state index contributed by atoms with van der Waals surface area (Å²) in [4.78, 5) is 14.7. The first-order valence-electron chi connectivity index (χ1n) is 9.02. The van der Waals surface area contributed by atoms with Gasteiger partial charge in [0.1, 0.15) is 0 Å². The fourth-order valence-electron chi connectivity index (χ4n) is 3.61. The van der Waals surface area contributed by atoms with Gasteiger partial charge in [0.05, 0.1) is 29.8 Å². The Morgan fingerprint density at radius 3 is 2.58 bits per heavy atom. The summed E-state index contributed by atoms with van der Waals surface area (Å²) in [6.45, 7) is 3.14. The number of aliphatic hydroxyl groups excluding tert-OH is 1. The number of nitrogens with zero attached hydrogens (tertiary/aromatic N) is 1. The van der Waals surface area contributed by atoms with Gasteiger partial charge in [-0.25, -0.2) is 13.1 Å². The van der Waals surface area contributed by atoms with Crippen molar-refractivity contribution >= 4 is 15.9 Å². The van der Waals surface area contributed by atoms with Crippen molar-refractivity contribution in [2.24, 2.45) is 0 Å². The number of ether oxygens (including phenoxy) is 1. The molecule has 7 nitrogen and oxygen atoms in total. The summed E-state index contributed by atoms with van der Waals surface area (Å²) < 4.78 is 32.6. The van der Waals surface area contributed by atoms with E-state index in [0.29, 0.717) is 25.3 Å². The van der Waals surface area contributed by atoms with Crippen molar-refractivity contribution in [2.75, 3.05) is 26.2 Å². The Kier molecular flexibility index (Phi) is 5.67. The summed E-state index contributed by atoms with van der Waals surface area (Å²) in [5.41, 5.74) is 0.275. The Morgan fingerprint density at radius 2 is 1.96 bits per heavy atom. The molecule has 1 unspecified atom stereocenters. The first kappa shape index (κ1) is 19.3.